The van der Waals surface area contributed by atoms with Crippen LogP contribution < -0.4 is 10.6 Å². The summed E-state index contributed by atoms with van der Waals surface area (Å²) in [6.45, 7) is 16.7. The van der Waals surface area contributed by atoms with Crippen molar-refractivity contribution in [3.63, 3.8) is 0 Å². The highest BCUT2D eigenvalue weighted by molar-refractivity contribution is 5.94. The number of hydrogen-bond donors (Lipinski definition) is 2. The molecule has 2 aliphatic rings. The van der Waals surface area contributed by atoms with E-state index < -0.39 is 5.60 Å². The number of amides is 1. The third kappa shape index (κ3) is 6.73. The second-order valence-electron chi connectivity index (χ2n) is 12.8. The van der Waals surface area contributed by atoms with Gasteiger partial charge in [-0.3, -0.25) is 4.90 Å². The Bertz CT molecular complexity index is 1500. The number of carbonyl (C=O) groups is 1. The number of anilines is 2. The minimum atomic E-state index is -0.474. The molecular formula is C32H42N8O2. The molecule has 10 heteroatoms. The molecule has 1 saturated heterocycles. The number of hydrogen-bond acceptors (Lipinski definition) is 9. The molecule has 42 heavy (non-hydrogen) atoms. The summed E-state index contributed by atoms with van der Waals surface area (Å²) in [6, 6.07) is 10.1. The predicted octanol–water partition coefficient (Wildman–Crippen LogP) is 5.43. The Morgan fingerprint density at radius 2 is 1.88 bits per heavy atom. The number of carbonyl (C=O) groups excluding carboxylic acids is 1. The molecule has 1 aromatic carbocycles. The van der Waals surface area contributed by atoms with Crippen molar-refractivity contribution in [3.05, 3.63) is 52.8 Å². The molecule has 5 rings (SSSR count). The quantitative estimate of drug-likeness (QED) is 0.365. The molecule has 1 aliphatic heterocycles. The molecule has 222 valence electrons. The van der Waals surface area contributed by atoms with Crippen LogP contribution in [0, 0.1) is 30.6 Å². The number of benzene rings is 1. The fraction of sp³-hybridized carbons (Fsp3) is 0.531. The number of aromatic nitrogens is 3. The van der Waals surface area contributed by atoms with Crippen LogP contribution >= 0.6 is 0 Å². The first-order valence-electron chi connectivity index (χ1n) is 14.8. The molecule has 3 aromatic rings. The average Bonchev–Trinajstić information content (AvgIpc) is 3.72. The largest absolute Gasteiger partial charge is 0.444 e. The van der Waals surface area contributed by atoms with Crippen molar-refractivity contribution in [2.75, 3.05) is 49.9 Å². The first kappa shape index (κ1) is 29.5. The van der Waals surface area contributed by atoms with Crippen LogP contribution in [-0.4, -0.2) is 75.9 Å². The van der Waals surface area contributed by atoms with Crippen LogP contribution in [0.25, 0.3) is 10.8 Å². The summed E-state index contributed by atoms with van der Waals surface area (Å²) < 4.78 is 5.54. The van der Waals surface area contributed by atoms with Crippen LogP contribution in [0.5, 0.6) is 0 Å². The number of nitrogens with one attached hydrogen (secondary N) is 2. The van der Waals surface area contributed by atoms with E-state index in [1.54, 1.807) is 0 Å². The monoisotopic (exact) mass is 570 g/mol. The molecule has 3 heterocycles. The summed E-state index contributed by atoms with van der Waals surface area (Å²) in [7, 11) is 0. The van der Waals surface area contributed by atoms with E-state index in [2.05, 4.69) is 44.8 Å². The molecule has 0 bridgehead atoms. The second-order valence-corrected chi connectivity index (χ2v) is 12.8. The number of pyridine rings is 1. The smallest absolute Gasteiger partial charge is 0.410 e. The number of nitrogens with zero attached hydrogens (tertiary/aromatic N) is 6. The highest BCUT2D eigenvalue weighted by Gasteiger charge is 2.44. The summed E-state index contributed by atoms with van der Waals surface area (Å²) in [5.41, 5.74) is 3.27. The van der Waals surface area contributed by atoms with Gasteiger partial charge in [0.25, 0.3) is 0 Å². The summed E-state index contributed by atoms with van der Waals surface area (Å²) in [5, 5.41) is 27.4. The fourth-order valence-corrected chi connectivity index (χ4v) is 5.64. The predicted molar refractivity (Wildman–Crippen MR) is 164 cm³/mol. The van der Waals surface area contributed by atoms with Crippen molar-refractivity contribution in [3.8, 4) is 6.07 Å². The van der Waals surface area contributed by atoms with Gasteiger partial charge in [0.2, 0.25) is 0 Å². The molecule has 2 N–H and O–H groups in total. The lowest BCUT2D eigenvalue weighted by Crippen LogP contribution is -2.51. The van der Waals surface area contributed by atoms with E-state index in [-0.39, 0.29) is 17.6 Å². The van der Waals surface area contributed by atoms with E-state index in [0.717, 1.165) is 59.6 Å². The topological polar surface area (TPSA) is 119 Å². The fourth-order valence-electron chi connectivity index (χ4n) is 5.64. The molecule has 0 unspecified atom stereocenters. The highest BCUT2D eigenvalue weighted by Crippen LogP contribution is 2.46. The lowest BCUT2D eigenvalue weighted by Gasteiger charge is -2.37. The zero-order valence-electron chi connectivity index (χ0n) is 25.6. The summed E-state index contributed by atoms with van der Waals surface area (Å²) in [5.74, 6) is 1.51. The van der Waals surface area contributed by atoms with Gasteiger partial charge >= 0.3 is 6.09 Å². The minimum absolute atomic E-state index is 0.0615. The van der Waals surface area contributed by atoms with Gasteiger partial charge in [0.05, 0.1) is 23.4 Å². The van der Waals surface area contributed by atoms with Crippen molar-refractivity contribution >= 4 is 28.5 Å². The molecule has 1 atom stereocenters. The Balaban J connectivity index is 1.23. The van der Waals surface area contributed by atoms with E-state index in [1.165, 1.54) is 12.8 Å². The lowest BCUT2D eigenvalue weighted by atomic mass is 9.98. The molecule has 2 aromatic heterocycles. The van der Waals surface area contributed by atoms with Gasteiger partial charge in [0.1, 0.15) is 11.4 Å². The Hall–Kier alpha value is -3.97. The van der Waals surface area contributed by atoms with Crippen LogP contribution in [0.2, 0.25) is 0 Å². The minimum Gasteiger partial charge on any atom is -0.444 e. The zero-order valence-corrected chi connectivity index (χ0v) is 25.6. The standard InChI is InChI=1S/C32H42N8O2/c1-21-24(17-33)8-7-9-25(21)22(2)36-29-26-16-28(34-18-27(26)23(3)37-38-29)35-19-32(10-11-32)20-39-12-14-40(15-13-39)30(41)42-31(4,5)6/h7-9,16,18,22H,10-15,19-20H2,1-6H3,(H,34,35)(H,36,38)/t22-/m1/s1. The van der Waals surface area contributed by atoms with Crippen LogP contribution in [0.4, 0.5) is 16.4 Å². The van der Waals surface area contributed by atoms with Gasteiger partial charge in [-0.15, -0.1) is 5.10 Å². The van der Waals surface area contributed by atoms with E-state index >= 15 is 0 Å². The molecular weight excluding hydrogens is 528 g/mol. The van der Waals surface area contributed by atoms with Gasteiger partial charge in [-0.2, -0.15) is 10.4 Å². The van der Waals surface area contributed by atoms with Gasteiger partial charge < -0.3 is 20.3 Å². The molecule has 1 amide bonds. The van der Waals surface area contributed by atoms with Crippen LogP contribution in [-0.2, 0) is 4.74 Å². The van der Waals surface area contributed by atoms with Gasteiger partial charge in [-0.1, -0.05) is 12.1 Å². The lowest BCUT2D eigenvalue weighted by molar-refractivity contribution is 0.0131. The SMILES string of the molecule is Cc1c(C#N)cccc1[C@@H](C)Nc1nnc(C)c2cnc(NCC3(CN4CCN(C(=O)OC(C)(C)C)CC4)CC3)cc12. The molecule has 1 saturated carbocycles. The summed E-state index contributed by atoms with van der Waals surface area (Å²) >= 11 is 0. The molecule has 2 fully saturated rings. The number of rotatable bonds is 8. The van der Waals surface area contributed by atoms with Gasteiger partial charge in [-0.05, 0) is 77.6 Å². The highest BCUT2D eigenvalue weighted by atomic mass is 16.6. The summed E-state index contributed by atoms with van der Waals surface area (Å²) in [6.07, 6.45) is 4.00. The van der Waals surface area contributed by atoms with Gasteiger partial charge in [-0.25, -0.2) is 9.78 Å². The average molecular weight is 571 g/mol. The van der Waals surface area contributed by atoms with E-state index in [4.69, 9.17) is 9.72 Å². The third-order valence-electron chi connectivity index (χ3n) is 8.35. The number of ether oxygens (including phenoxy) is 1. The summed E-state index contributed by atoms with van der Waals surface area (Å²) in [4.78, 5) is 21.4. The van der Waals surface area contributed by atoms with E-state index in [9.17, 15) is 10.1 Å². The molecule has 1 aliphatic carbocycles. The Kier molecular flexibility index (Phi) is 8.24. The zero-order chi connectivity index (χ0) is 30.1. The number of piperazine rings is 1. The van der Waals surface area contributed by atoms with Crippen molar-refractivity contribution in [2.45, 2.75) is 66.0 Å². The number of aryl methyl sites for hydroxylation is 1. The van der Waals surface area contributed by atoms with Crippen molar-refractivity contribution < 1.29 is 9.53 Å². The molecule has 10 nitrogen and oxygen atoms in total. The van der Waals surface area contributed by atoms with Crippen LogP contribution in [0.15, 0.2) is 30.5 Å². The maximum atomic E-state index is 12.4. The van der Waals surface area contributed by atoms with Crippen LogP contribution in [0.1, 0.15) is 69.0 Å². The number of fused-ring (bicyclic) bond motifs is 1. The first-order valence-corrected chi connectivity index (χ1v) is 14.8. The van der Waals surface area contributed by atoms with Crippen molar-refractivity contribution in [1.29, 1.82) is 5.26 Å². The molecule has 0 radical (unpaired) electrons. The van der Waals surface area contributed by atoms with Crippen LogP contribution in [0.3, 0.4) is 0 Å². The Morgan fingerprint density at radius 3 is 2.55 bits per heavy atom. The van der Waals surface area contributed by atoms with Gasteiger partial charge in [0.15, 0.2) is 5.82 Å². The maximum absolute atomic E-state index is 12.4. The third-order valence-corrected chi connectivity index (χ3v) is 8.35. The van der Waals surface area contributed by atoms with Crippen molar-refractivity contribution in [2.24, 2.45) is 5.41 Å². The van der Waals surface area contributed by atoms with E-state index in [1.807, 2.05) is 63.9 Å². The Labute approximate surface area is 248 Å². The normalized spacial score (nSPS) is 17.4. The van der Waals surface area contributed by atoms with Crippen molar-refractivity contribution in [1.82, 2.24) is 25.0 Å². The van der Waals surface area contributed by atoms with Gasteiger partial charge in [0, 0.05) is 61.7 Å². The second kappa shape index (κ2) is 11.7. The van der Waals surface area contributed by atoms with E-state index in [0.29, 0.717) is 24.5 Å². The number of nitriles is 1. The Morgan fingerprint density at radius 1 is 1.14 bits per heavy atom. The maximum Gasteiger partial charge on any atom is 0.410 e. The first-order chi connectivity index (χ1) is 20.0. The molecule has 0 spiro atoms.